The average molecular weight is 253 g/mol. The van der Waals surface area contributed by atoms with Crippen molar-refractivity contribution in [2.24, 2.45) is 5.92 Å². The molecule has 1 aromatic heterocycles. The molecule has 1 aliphatic rings. The lowest BCUT2D eigenvalue weighted by Gasteiger charge is -2.32. The fourth-order valence-electron chi connectivity index (χ4n) is 2.20. The van der Waals surface area contributed by atoms with Crippen molar-refractivity contribution in [1.82, 2.24) is 9.97 Å². The molecule has 1 aromatic rings. The molecule has 2 rings (SSSR count). The Labute approximate surface area is 104 Å². The third kappa shape index (κ3) is 2.33. The van der Waals surface area contributed by atoms with Crippen LogP contribution in [0.1, 0.15) is 12.8 Å². The molecule has 0 aromatic carbocycles. The molecule has 8 heteroatoms. The maximum atomic E-state index is 11.0. The minimum absolute atomic E-state index is 0.0743. The van der Waals surface area contributed by atoms with Crippen molar-refractivity contribution in [3.63, 3.8) is 0 Å². The van der Waals surface area contributed by atoms with Gasteiger partial charge in [0.2, 0.25) is 11.6 Å². The normalized spacial score (nSPS) is 19.8. The smallest absolute Gasteiger partial charge is 0.353 e. The molecule has 1 fully saturated rings. The Morgan fingerprint density at radius 3 is 3.06 bits per heavy atom. The Hall–Kier alpha value is -1.96. The predicted octanol–water partition coefficient (Wildman–Crippen LogP) is 0.176. The van der Waals surface area contributed by atoms with Crippen LogP contribution >= 0.6 is 0 Å². The first-order valence-electron chi connectivity index (χ1n) is 5.74. The summed E-state index contributed by atoms with van der Waals surface area (Å²) in [6, 6.07) is 0. The predicted molar refractivity (Wildman–Crippen MR) is 65.1 cm³/mol. The van der Waals surface area contributed by atoms with Crippen molar-refractivity contribution in [2.45, 2.75) is 12.8 Å². The number of nitrogen functional groups attached to an aromatic ring is 1. The Morgan fingerprint density at radius 1 is 1.61 bits per heavy atom. The molecule has 18 heavy (non-hydrogen) atoms. The highest BCUT2D eigenvalue weighted by Gasteiger charge is 2.28. The van der Waals surface area contributed by atoms with Crippen LogP contribution < -0.4 is 10.6 Å². The molecule has 0 amide bonds. The first-order chi connectivity index (χ1) is 8.63. The summed E-state index contributed by atoms with van der Waals surface area (Å²) in [5, 5.41) is 20.2. The monoisotopic (exact) mass is 253 g/mol. The zero-order chi connectivity index (χ0) is 13.1. The molecule has 3 N–H and O–H groups in total. The van der Waals surface area contributed by atoms with Crippen molar-refractivity contribution < 1.29 is 10.0 Å². The van der Waals surface area contributed by atoms with Gasteiger partial charge in [-0.2, -0.15) is 0 Å². The Balaban J connectivity index is 2.32. The number of aliphatic hydroxyl groups excluding tert-OH is 1. The van der Waals surface area contributed by atoms with Crippen LogP contribution in [0.15, 0.2) is 6.33 Å². The van der Waals surface area contributed by atoms with Crippen LogP contribution in [0.5, 0.6) is 0 Å². The van der Waals surface area contributed by atoms with Gasteiger partial charge >= 0.3 is 5.69 Å². The molecule has 1 saturated heterocycles. The topological polar surface area (TPSA) is 118 Å². The maximum absolute atomic E-state index is 11.0. The van der Waals surface area contributed by atoms with Gasteiger partial charge in [-0.05, 0) is 18.8 Å². The van der Waals surface area contributed by atoms with Crippen LogP contribution in [0.3, 0.4) is 0 Å². The minimum atomic E-state index is -0.562. The van der Waals surface area contributed by atoms with Gasteiger partial charge in [-0.15, -0.1) is 0 Å². The lowest BCUT2D eigenvalue weighted by molar-refractivity contribution is -0.383. The molecule has 0 saturated carbocycles. The Bertz CT molecular complexity index is 453. The van der Waals surface area contributed by atoms with E-state index in [1.165, 1.54) is 6.33 Å². The van der Waals surface area contributed by atoms with Gasteiger partial charge in [-0.25, -0.2) is 9.97 Å². The van der Waals surface area contributed by atoms with Crippen LogP contribution in [-0.4, -0.2) is 39.7 Å². The number of aromatic nitrogens is 2. The number of hydrogen-bond acceptors (Lipinski definition) is 7. The zero-order valence-corrected chi connectivity index (χ0v) is 9.82. The lowest BCUT2D eigenvalue weighted by Crippen LogP contribution is -2.37. The van der Waals surface area contributed by atoms with E-state index in [-0.39, 0.29) is 29.8 Å². The summed E-state index contributed by atoms with van der Waals surface area (Å²) in [5.41, 5.74) is 5.27. The molecule has 1 unspecified atom stereocenters. The van der Waals surface area contributed by atoms with Gasteiger partial charge in [0, 0.05) is 19.7 Å². The van der Waals surface area contributed by atoms with Crippen molar-refractivity contribution >= 4 is 17.3 Å². The SMILES string of the molecule is Nc1ncnc(N2CCCC(CO)C2)c1[N+](=O)[O-]. The second-order valence-electron chi connectivity index (χ2n) is 4.33. The molecule has 0 spiro atoms. The summed E-state index contributed by atoms with van der Waals surface area (Å²) >= 11 is 0. The van der Waals surface area contributed by atoms with Crippen LogP contribution in [0, 0.1) is 16.0 Å². The third-order valence-corrected chi connectivity index (χ3v) is 3.09. The molecule has 8 nitrogen and oxygen atoms in total. The largest absolute Gasteiger partial charge is 0.396 e. The van der Waals surface area contributed by atoms with Crippen molar-refractivity contribution in [3.8, 4) is 0 Å². The van der Waals surface area contributed by atoms with E-state index in [1.54, 1.807) is 4.90 Å². The fraction of sp³-hybridized carbons (Fsp3) is 0.600. The van der Waals surface area contributed by atoms with Gasteiger partial charge in [0.1, 0.15) is 6.33 Å². The molecule has 2 heterocycles. The Morgan fingerprint density at radius 2 is 2.39 bits per heavy atom. The fourth-order valence-corrected chi connectivity index (χ4v) is 2.20. The highest BCUT2D eigenvalue weighted by molar-refractivity contribution is 5.68. The molecular formula is C10H15N5O3. The van der Waals surface area contributed by atoms with E-state index in [1.807, 2.05) is 0 Å². The van der Waals surface area contributed by atoms with Crippen molar-refractivity contribution in [1.29, 1.82) is 0 Å². The number of anilines is 2. The maximum Gasteiger partial charge on any atom is 0.353 e. The number of nitrogens with zero attached hydrogens (tertiary/aromatic N) is 4. The second kappa shape index (κ2) is 5.13. The summed E-state index contributed by atoms with van der Waals surface area (Å²) in [7, 11) is 0. The molecule has 1 atom stereocenters. The number of nitrogens with two attached hydrogens (primary N) is 1. The van der Waals surface area contributed by atoms with E-state index >= 15 is 0 Å². The molecule has 98 valence electrons. The van der Waals surface area contributed by atoms with Crippen LogP contribution in [0.4, 0.5) is 17.3 Å². The highest BCUT2D eigenvalue weighted by Crippen LogP contribution is 2.32. The number of hydrogen-bond donors (Lipinski definition) is 2. The number of rotatable bonds is 3. The summed E-state index contributed by atoms with van der Waals surface area (Å²) in [6.07, 6.45) is 3.01. The minimum Gasteiger partial charge on any atom is -0.396 e. The second-order valence-corrected chi connectivity index (χ2v) is 4.33. The standard InChI is InChI=1S/C10H15N5O3/c11-9-8(15(17)18)10(13-6-12-9)14-3-1-2-7(4-14)5-16/h6-7,16H,1-5H2,(H2,11,12,13). The van der Waals surface area contributed by atoms with E-state index in [4.69, 9.17) is 5.73 Å². The highest BCUT2D eigenvalue weighted by atomic mass is 16.6. The number of aliphatic hydroxyl groups is 1. The van der Waals surface area contributed by atoms with E-state index in [9.17, 15) is 15.2 Å². The van der Waals surface area contributed by atoms with Gasteiger partial charge < -0.3 is 15.7 Å². The van der Waals surface area contributed by atoms with Gasteiger partial charge in [-0.3, -0.25) is 10.1 Å². The quantitative estimate of drug-likeness (QED) is 0.582. The molecule has 0 bridgehead atoms. The lowest BCUT2D eigenvalue weighted by atomic mass is 9.99. The molecule has 0 aliphatic carbocycles. The van der Waals surface area contributed by atoms with Gasteiger partial charge in [0.15, 0.2) is 0 Å². The summed E-state index contributed by atoms with van der Waals surface area (Å²) in [5.74, 6) is 0.233. The van der Waals surface area contributed by atoms with Crippen molar-refractivity contribution in [2.75, 3.05) is 30.3 Å². The van der Waals surface area contributed by atoms with E-state index in [2.05, 4.69) is 9.97 Å². The summed E-state index contributed by atoms with van der Waals surface area (Å²) in [4.78, 5) is 19.8. The molecular weight excluding hydrogens is 238 g/mol. The van der Waals surface area contributed by atoms with Crippen LogP contribution in [0.2, 0.25) is 0 Å². The first kappa shape index (κ1) is 12.5. The summed E-state index contributed by atoms with van der Waals surface area (Å²) < 4.78 is 0. The first-order valence-corrected chi connectivity index (χ1v) is 5.74. The zero-order valence-electron chi connectivity index (χ0n) is 9.82. The third-order valence-electron chi connectivity index (χ3n) is 3.09. The Kier molecular flexibility index (Phi) is 3.56. The molecule has 0 radical (unpaired) electrons. The van der Waals surface area contributed by atoms with Gasteiger partial charge in [-0.1, -0.05) is 0 Å². The number of nitro groups is 1. The van der Waals surface area contributed by atoms with E-state index < -0.39 is 4.92 Å². The number of piperidine rings is 1. The van der Waals surface area contributed by atoms with Gasteiger partial charge in [0.05, 0.1) is 4.92 Å². The van der Waals surface area contributed by atoms with Crippen molar-refractivity contribution in [3.05, 3.63) is 16.4 Å². The van der Waals surface area contributed by atoms with Crippen LogP contribution in [-0.2, 0) is 0 Å². The molecule has 1 aliphatic heterocycles. The van der Waals surface area contributed by atoms with Gasteiger partial charge in [0.25, 0.3) is 0 Å². The van der Waals surface area contributed by atoms with Crippen LogP contribution in [0.25, 0.3) is 0 Å². The summed E-state index contributed by atoms with van der Waals surface area (Å²) in [6.45, 7) is 1.30. The van der Waals surface area contributed by atoms with E-state index in [0.29, 0.717) is 13.1 Å². The average Bonchev–Trinajstić information content (AvgIpc) is 2.38. The van der Waals surface area contributed by atoms with E-state index in [0.717, 1.165) is 12.8 Å².